The summed E-state index contributed by atoms with van der Waals surface area (Å²) in [6, 6.07) is 3.86. The van der Waals surface area contributed by atoms with E-state index in [-0.39, 0.29) is 11.8 Å². The van der Waals surface area contributed by atoms with Crippen LogP contribution in [0.4, 0.5) is 0 Å². The lowest BCUT2D eigenvalue weighted by molar-refractivity contribution is -0.137. The quantitative estimate of drug-likeness (QED) is 0.553. The first-order valence-corrected chi connectivity index (χ1v) is 9.98. The van der Waals surface area contributed by atoms with Gasteiger partial charge < -0.3 is 9.64 Å². The van der Waals surface area contributed by atoms with Crippen LogP contribution in [-0.4, -0.2) is 54.5 Å². The van der Waals surface area contributed by atoms with Gasteiger partial charge in [0.05, 0.1) is 5.57 Å². The lowest BCUT2D eigenvalue weighted by Gasteiger charge is -2.33. The van der Waals surface area contributed by atoms with Crippen LogP contribution < -0.4 is 0 Å². The molecule has 3 heterocycles. The van der Waals surface area contributed by atoms with Crippen LogP contribution in [0.5, 0.6) is 0 Å². The van der Waals surface area contributed by atoms with Crippen LogP contribution in [0.15, 0.2) is 23.2 Å². The van der Waals surface area contributed by atoms with E-state index in [9.17, 15) is 9.59 Å². The lowest BCUT2D eigenvalue weighted by atomic mass is 9.99. The maximum absolute atomic E-state index is 13.1. The molecule has 0 radical (unpaired) electrons. The maximum atomic E-state index is 13.1. The number of amides is 2. The zero-order valence-electron chi connectivity index (χ0n) is 15.0. The SMILES string of the molecule is CCOCCCN1C(=O)C(c2cccs2)=C(N2CCCC(C)C2)C1=O. The van der Waals surface area contributed by atoms with Crippen LogP contribution in [-0.2, 0) is 14.3 Å². The molecule has 136 valence electrons. The van der Waals surface area contributed by atoms with Crippen molar-refractivity contribution in [2.75, 3.05) is 32.8 Å². The van der Waals surface area contributed by atoms with E-state index < -0.39 is 0 Å². The average Bonchev–Trinajstić information content (AvgIpc) is 3.19. The van der Waals surface area contributed by atoms with Gasteiger partial charge in [0.15, 0.2) is 0 Å². The third-order valence-corrected chi connectivity index (χ3v) is 5.65. The van der Waals surface area contributed by atoms with Crippen molar-refractivity contribution >= 4 is 28.7 Å². The Morgan fingerprint density at radius 3 is 2.84 bits per heavy atom. The van der Waals surface area contributed by atoms with Crippen LogP contribution in [0.3, 0.4) is 0 Å². The summed E-state index contributed by atoms with van der Waals surface area (Å²) < 4.78 is 5.35. The number of carbonyl (C=O) groups excluding carboxylic acids is 2. The molecule has 2 amide bonds. The minimum Gasteiger partial charge on any atom is -0.382 e. The maximum Gasteiger partial charge on any atom is 0.277 e. The normalized spacial score (nSPS) is 21.6. The van der Waals surface area contributed by atoms with E-state index in [1.54, 1.807) is 0 Å². The van der Waals surface area contributed by atoms with E-state index in [1.165, 1.54) is 22.7 Å². The first-order chi connectivity index (χ1) is 12.1. The number of carbonyl (C=O) groups is 2. The van der Waals surface area contributed by atoms with Crippen molar-refractivity contribution in [3.8, 4) is 0 Å². The monoisotopic (exact) mass is 362 g/mol. The fourth-order valence-electron chi connectivity index (χ4n) is 3.56. The van der Waals surface area contributed by atoms with Gasteiger partial charge in [0.25, 0.3) is 11.8 Å². The van der Waals surface area contributed by atoms with Crippen molar-refractivity contribution in [2.45, 2.75) is 33.1 Å². The summed E-state index contributed by atoms with van der Waals surface area (Å²) in [7, 11) is 0. The second kappa shape index (κ2) is 8.15. The molecule has 0 N–H and O–H groups in total. The van der Waals surface area contributed by atoms with Gasteiger partial charge in [-0.05, 0) is 43.6 Å². The van der Waals surface area contributed by atoms with Gasteiger partial charge in [-0.25, -0.2) is 0 Å². The number of hydrogen-bond acceptors (Lipinski definition) is 5. The summed E-state index contributed by atoms with van der Waals surface area (Å²) in [5, 5.41) is 1.95. The van der Waals surface area contributed by atoms with Gasteiger partial charge in [-0.2, -0.15) is 0 Å². The predicted octanol–water partition coefficient (Wildman–Crippen LogP) is 2.99. The topological polar surface area (TPSA) is 49.9 Å². The number of thiophene rings is 1. The molecule has 2 aliphatic heterocycles. The van der Waals surface area contributed by atoms with Gasteiger partial charge >= 0.3 is 0 Å². The molecule has 6 heteroatoms. The summed E-state index contributed by atoms with van der Waals surface area (Å²) in [6.45, 7) is 7.47. The Morgan fingerprint density at radius 1 is 1.32 bits per heavy atom. The minimum atomic E-state index is -0.155. The molecule has 0 aromatic carbocycles. The highest BCUT2D eigenvalue weighted by atomic mass is 32.1. The molecule has 1 atom stereocenters. The highest BCUT2D eigenvalue weighted by Gasteiger charge is 2.42. The van der Waals surface area contributed by atoms with Gasteiger partial charge in [0.1, 0.15) is 5.70 Å². The summed E-state index contributed by atoms with van der Waals surface area (Å²) in [6.07, 6.45) is 2.92. The molecule has 1 unspecified atom stereocenters. The number of piperidine rings is 1. The fourth-order valence-corrected chi connectivity index (χ4v) is 4.33. The van der Waals surface area contributed by atoms with Crippen molar-refractivity contribution in [3.05, 3.63) is 28.1 Å². The molecule has 0 bridgehead atoms. The second-order valence-corrected chi connectivity index (χ2v) is 7.65. The highest BCUT2D eigenvalue weighted by molar-refractivity contribution is 7.11. The molecule has 0 saturated carbocycles. The van der Waals surface area contributed by atoms with E-state index in [2.05, 4.69) is 11.8 Å². The van der Waals surface area contributed by atoms with Crippen LogP contribution in [0.1, 0.15) is 38.0 Å². The molecule has 1 aromatic heterocycles. The standard InChI is InChI=1S/C19H26N2O3S/c1-3-24-11-6-10-21-18(22)16(15-8-5-12-25-15)17(19(21)23)20-9-4-7-14(2)13-20/h5,8,12,14H,3-4,6-7,9-11,13H2,1-2H3. The Bertz CT molecular complexity index is 654. The molecule has 3 rings (SSSR count). The molecule has 25 heavy (non-hydrogen) atoms. The van der Waals surface area contributed by atoms with Crippen LogP contribution in [0, 0.1) is 5.92 Å². The summed E-state index contributed by atoms with van der Waals surface area (Å²) in [5.41, 5.74) is 1.20. The first-order valence-electron chi connectivity index (χ1n) is 9.10. The third kappa shape index (κ3) is 3.80. The van der Waals surface area contributed by atoms with E-state index in [4.69, 9.17) is 4.74 Å². The summed E-state index contributed by atoms with van der Waals surface area (Å²) >= 11 is 1.52. The lowest BCUT2D eigenvalue weighted by Crippen LogP contribution is -2.39. The molecule has 1 fully saturated rings. The van der Waals surface area contributed by atoms with Crippen molar-refractivity contribution < 1.29 is 14.3 Å². The molecule has 0 aliphatic carbocycles. The van der Waals surface area contributed by atoms with E-state index in [1.807, 2.05) is 24.4 Å². The molecular weight excluding hydrogens is 336 g/mol. The Labute approximate surface area is 153 Å². The minimum absolute atomic E-state index is 0.140. The molecule has 0 spiro atoms. The fraction of sp³-hybridized carbons (Fsp3) is 0.579. The first kappa shape index (κ1) is 18.1. The van der Waals surface area contributed by atoms with Gasteiger partial charge in [-0.15, -0.1) is 11.3 Å². The van der Waals surface area contributed by atoms with Crippen LogP contribution in [0.25, 0.3) is 5.57 Å². The number of likely N-dealkylation sites (tertiary alicyclic amines) is 1. The van der Waals surface area contributed by atoms with Crippen LogP contribution in [0.2, 0.25) is 0 Å². The number of rotatable bonds is 7. The summed E-state index contributed by atoms with van der Waals surface area (Å²) in [5.74, 6) is 0.247. The third-order valence-electron chi connectivity index (χ3n) is 4.76. The molecule has 2 aliphatic rings. The Kier molecular flexibility index (Phi) is 5.91. The Morgan fingerprint density at radius 2 is 2.16 bits per heavy atom. The summed E-state index contributed by atoms with van der Waals surface area (Å²) in [4.78, 5) is 30.5. The van der Waals surface area contributed by atoms with Crippen LogP contribution >= 0.6 is 11.3 Å². The van der Waals surface area contributed by atoms with Crippen molar-refractivity contribution in [1.82, 2.24) is 9.80 Å². The predicted molar refractivity (Wildman–Crippen MR) is 99.0 cm³/mol. The highest BCUT2D eigenvalue weighted by Crippen LogP contribution is 2.35. The van der Waals surface area contributed by atoms with E-state index in [0.717, 1.165) is 24.4 Å². The van der Waals surface area contributed by atoms with E-state index in [0.29, 0.717) is 43.4 Å². The smallest absolute Gasteiger partial charge is 0.277 e. The molecule has 5 nitrogen and oxygen atoms in total. The Balaban J connectivity index is 1.86. The zero-order valence-corrected chi connectivity index (χ0v) is 15.8. The second-order valence-electron chi connectivity index (χ2n) is 6.71. The van der Waals surface area contributed by atoms with Crippen molar-refractivity contribution in [3.63, 3.8) is 0 Å². The zero-order chi connectivity index (χ0) is 17.8. The van der Waals surface area contributed by atoms with E-state index >= 15 is 0 Å². The van der Waals surface area contributed by atoms with Crippen molar-refractivity contribution in [1.29, 1.82) is 0 Å². The number of nitrogens with zero attached hydrogens (tertiary/aromatic N) is 2. The van der Waals surface area contributed by atoms with Gasteiger partial charge in [0, 0.05) is 37.7 Å². The molecular formula is C19H26N2O3S. The molecule has 1 saturated heterocycles. The Hall–Kier alpha value is -1.66. The molecule has 1 aromatic rings. The van der Waals surface area contributed by atoms with Gasteiger partial charge in [0.2, 0.25) is 0 Å². The average molecular weight is 362 g/mol. The number of hydrogen-bond donors (Lipinski definition) is 0. The number of imide groups is 1. The number of ether oxygens (including phenoxy) is 1. The largest absolute Gasteiger partial charge is 0.382 e. The van der Waals surface area contributed by atoms with Crippen molar-refractivity contribution in [2.24, 2.45) is 5.92 Å². The van der Waals surface area contributed by atoms with Gasteiger partial charge in [-0.3, -0.25) is 14.5 Å². The van der Waals surface area contributed by atoms with Gasteiger partial charge in [-0.1, -0.05) is 13.0 Å².